The van der Waals surface area contributed by atoms with Crippen LogP contribution in [0.25, 0.3) is 0 Å². The molecule has 0 amide bonds. The van der Waals surface area contributed by atoms with Crippen LogP contribution in [-0.4, -0.2) is 22.8 Å². The van der Waals surface area contributed by atoms with Crippen LogP contribution in [-0.2, 0) is 10.1 Å². The van der Waals surface area contributed by atoms with Crippen molar-refractivity contribution >= 4 is 33.1 Å². The summed E-state index contributed by atoms with van der Waals surface area (Å²) in [5, 5.41) is 20.2. The zero-order chi connectivity index (χ0) is 13.4. The average molecular weight is 289 g/mol. The molecular weight excluding hydrogens is 287 g/mol. The fraction of sp³-hybridized carbons (Fsp3) is 0. The Morgan fingerprint density at radius 1 is 1.11 bits per heavy atom. The van der Waals surface area contributed by atoms with E-state index in [1.54, 1.807) is 0 Å². The molecule has 0 atom stereocenters. The molecule has 0 bridgehead atoms. The topological polar surface area (TPSA) is 143 Å². The fourth-order valence-electron chi connectivity index (χ4n) is 1.02. The van der Waals surface area contributed by atoms with E-state index in [-0.39, 0.29) is 18.9 Å². The molecule has 0 aliphatic carbocycles. The van der Waals surface area contributed by atoms with Gasteiger partial charge in [0, 0.05) is 6.07 Å². The van der Waals surface area contributed by atoms with Gasteiger partial charge in [0.1, 0.15) is 15.1 Å². The molecular formula is C6H2ClLiN2O7S. The van der Waals surface area contributed by atoms with E-state index in [1.807, 2.05) is 0 Å². The minimum atomic E-state index is -4.99. The van der Waals surface area contributed by atoms with E-state index >= 15 is 0 Å². The van der Waals surface area contributed by atoms with Crippen LogP contribution in [0.15, 0.2) is 17.0 Å². The van der Waals surface area contributed by atoms with Crippen molar-refractivity contribution in [2.75, 3.05) is 0 Å². The van der Waals surface area contributed by atoms with Crippen LogP contribution < -0.4 is 18.9 Å². The number of hydrogen-bond acceptors (Lipinski definition) is 7. The number of benzene rings is 1. The van der Waals surface area contributed by atoms with Crippen molar-refractivity contribution in [3.05, 3.63) is 37.4 Å². The molecule has 0 spiro atoms. The average Bonchev–Trinajstić information content (AvgIpc) is 2.13. The summed E-state index contributed by atoms with van der Waals surface area (Å²) in [6.07, 6.45) is 0. The Morgan fingerprint density at radius 2 is 1.61 bits per heavy atom. The summed E-state index contributed by atoms with van der Waals surface area (Å²) in [6.45, 7) is 0. The second-order valence-electron chi connectivity index (χ2n) is 2.74. The van der Waals surface area contributed by atoms with Crippen molar-refractivity contribution < 1.29 is 41.7 Å². The van der Waals surface area contributed by atoms with Gasteiger partial charge in [0.15, 0.2) is 0 Å². The third-order valence-corrected chi connectivity index (χ3v) is 2.79. The molecule has 0 saturated carbocycles. The molecule has 0 fully saturated rings. The van der Waals surface area contributed by atoms with Gasteiger partial charge in [0.2, 0.25) is 0 Å². The maximum absolute atomic E-state index is 10.6. The molecule has 0 radical (unpaired) electrons. The van der Waals surface area contributed by atoms with Gasteiger partial charge in [-0.1, -0.05) is 11.6 Å². The van der Waals surface area contributed by atoms with Crippen molar-refractivity contribution in [3.8, 4) is 0 Å². The van der Waals surface area contributed by atoms with Gasteiger partial charge in [0.25, 0.3) is 0 Å². The number of hydrogen-bond donors (Lipinski definition) is 0. The predicted octanol–water partition coefficient (Wildman–Crippen LogP) is -1.94. The summed E-state index contributed by atoms with van der Waals surface area (Å²) in [7, 11) is -4.99. The Bertz CT molecular complexity index is 617. The van der Waals surface area contributed by atoms with E-state index in [1.165, 1.54) is 0 Å². The van der Waals surface area contributed by atoms with Gasteiger partial charge in [-0.05, 0) is 6.07 Å². The minimum Gasteiger partial charge on any atom is -0.744 e. The maximum atomic E-state index is 10.6. The number of nitro benzene ring substituents is 2. The number of nitrogens with zero attached hydrogens (tertiary/aromatic N) is 2. The Hall–Kier alpha value is -1.18. The minimum absolute atomic E-state index is 0. The quantitative estimate of drug-likeness (QED) is 0.272. The van der Waals surface area contributed by atoms with Gasteiger partial charge in [-0.2, -0.15) is 0 Å². The van der Waals surface area contributed by atoms with Gasteiger partial charge in [-0.3, -0.25) is 20.2 Å². The molecule has 1 aromatic rings. The second kappa shape index (κ2) is 5.64. The number of nitro groups is 2. The largest absolute Gasteiger partial charge is 1.00 e. The Labute approximate surface area is 117 Å². The van der Waals surface area contributed by atoms with Crippen molar-refractivity contribution in [2.45, 2.75) is 4.90 Å². The van der Waals surface area contributed by atoms with Crippen molar-refractivity contribution in [3.63, 3.8) is 0 Å². The molecule has 0 unspecified atom stereocenters. The first kappa shape index (κ1) is 16.8. The van der Waals surface area contributed by atoms with Gasteiger partial charge < -0.3 is 4.55 Å². The normalized spacial score (nSPS) is 10.6. The van der Waals surface area contributed by atoms with Crippen LogP contribution in [0.2, 0.25) is 5.02 Å². The van der Waals surface area contributed by atoms with E-state index in [2.05, 4.69) is 0 Å². The summed E-state index contributed by atoms with van der Waals surface area (Å²) in [5.41, 5.74) is -2.22. The van der Waals surface area contributed by atoms with Crippen LogP contribution in [0.5, 0.6) is 0 Å². The number of rotatable bonds is 3. The molecule has 0 saturated heterocycles. The molecule has 92 valence electrons. The fourth-order valence-corrected chi connectivity index (χ4v) is 1.89. The van der Waals surface area contributed by atoms with E-state index in [4.69, 9.17) is 11.6 Å². The molecule has 0 heterocycles. The van der Waals surface area contributed by atoms with E-state index in [9.17, 15) is 33.2 Å². The summed E-state index contributed by atoms with van der Waals surface area (Å²) in [4.78, 5) is 17.7. The Balaban J connectivity index is 0.00000289. The summed E-state index contributed by atoms with van der Waals surface area (Å²) < 4.78 is 31.9. The Kier molecular flexibility index (Phi) is 5.27. The molecule has 0 N–H and O–H groups in total. The van der Waals surface area contributed by atoms with Crippen molar-refractivity contribution in [2.24, 2.45) is 0 Å². The molecule has 0 aliphatic rings. The third kappa shape index (κ3) is 3.41. The molecule has 0 aromatic heterocycles. The van der Waals surface area contributed by atoms with Crippen molar-refractivity contribution in [1.29, 1.82) is 0 Å². The predicted molar refractivity (Wildman–Crippen MR) is 52.7 cm³/mol. The number of halogens is 1. The molecule has 9 nitrogen and oxygen atoms in total. The smallest absolute Gasteiger partial charge is 0.744 e. The standard InChI is InChI=1S/C6H3ClN2O7S.Li/c7-4-1-3(17(14,15)16)2-5(8(10)11)6(4)9(12)13;/h1-2H,(H,14,15,16);/q;+1/p-1. The third-order valence-electron chi connectivity index (χ3n) is 1.68. The van der Waals surface area contributed by atoms with Crippen LogP contribution in [0.3, 0.4) is 0 Å². The van der Waals surface area contributed by atoms with Gasteiger partial charge in [-0.25, -0.2) is 8.42 Å². The first-order valence-electron chi connectivity index (χ1n) is 3.73. The van der Waals surface area contributed by atoms with Gasteiger partial charge >= 0.3 is 30.2 Å². The first-order valence-corrected chi connectivity index (χ1v) is 5.51. The van der Waals surface area contributed by atoms with Crippen LogP contribution in [0.1, 0.15) is 0 Å². The van der Waals surface area contributed by atoms with Crippen molar-refractivity contribution in [1.82, 2.24) is 0 Å². The van der Waals surface area contributed by atoms with Crippen LogP contribution in [0.4, 0.5) is 11.4 Å². The molecule has 0 aliphatic heterocycles. The Morgan fingerprint density at radius 3 is 1.94 bits per heavy atom. The van der Waals surface area contributed by atoms with Gasteiger partial charge in [-0.15, -0.1) is 0 Å². The molecule has 1 rings (SSSR count). The molecule has 1 aromatic carbocycles. The van der Waals surface area contributed by atoms with Crippen LogP contribution in [0, 0.1) is 20.2 Å². The summed E-state index contributed by atoms with van der Waals surface area (Å²) >= 11 is 5.33. The monoisotopic (exact) mass is 288 g/mol. The van der Waals surface area contributed by atoms with Crippen LogP contribution >= 0.6 is 11.6 Å². The molecule has 12 heteroatoms. The zero-order valence-electron chi connectivity index (χ0n) is 8.69. The summed E-state index contributed by atoms with van der Waals surface area (Å²) in [5.74, 6) is 0. The van der Waals surface area contributed by atoms with Gasteiger partial charge in [0.05, 0.1) is 14.7 Å². The van der Waals surface area contributed by atoms with E-state index in [0.717, 1.165) is 0 Å². The molecule has 18 heavy (non-hydrogen) atoms. The second-order valence-corrected chi connectivity index (χ2v) is 4.53. The van der Waals surface area contributed by atoms with E-state index in [0.29, 0.717) is 12.1 Å². The SMILES string of the molecule is O=[N+]([O-])c1cc(S(=O)(=O)[O-])cc(Cl)c1[N+](=O)[O-].[Li+]. The maximum Gasteiger partial charge on any atom is 1.00 e. The first-order chi connectivity index (χ1) is 7.64. The van der Waals surface area contributed by atoms with E-state index < -0.39 is 41.3 Å². The zero-order valence-corrected chi connectivity index (χ0v) is 10.3. The summed E-state index contributed by atoms with van der Waals surface area (Å²) in [6, 6.07) is 0.793.